The van der Waals surface area contributed by atoms with Crippen molar-refractivity contribution in [2.75, 3.05) is 18.5 Å². The molecule has 27 heavy (non-hydrogen) atoms. The number of aromatic nitrogens is 3. The van der Waals surface area contributed by atoms with Gasteiger partial charge in [0, 0.05) is 36.6 Å². The number of pyridine rings is 1. The highest BCUT2D eigenvalue weighted by molar-refractivity contribution is 6.03. The Morgan fingerprint density at radius 3 is 2.63 bits per heavy atom. The molecule has 4 rings (SSSR count). The molecule has 3 heterocycles. The van der Waals surface area contributed by atoms with Crippen molar-refractivity contribution in [1.82, 2.24) is 15.2 Å². The molecule has 1 amide bonds. The third-order valence-corrected chi connectivity index (χ3v) is 4.74. The van der Waals surface area contributed by atoms with Crippen LogP contribution in [0.4, 0.5) is 5.82 Å². The van der Waals surface area contributed by atoms with E-state index in [0.717, 1.165) is 37.3 Å². The maximum absolute atomic E-state index is 12.5. The summed E-state index contributed by atoms with van der Waals surface area (Å²) >= 11 is 0. The number of aromatic amines is 2. The second-order valence-corrected chi connectivity index (χ2v) is 6.53. The van der Waals surface area contributed by atoms with E-state index in [4.69, 9.17) is 4.74 Å². The monoisotopic (exact) mass is 364 g/mol. The number of amides is 1. The van der Waals surface area contributed by atoms with Gasteiger partial charge in [-0.25, -0.2) is 0 Å². The molecular formula is C20H20N4O3. The first-order valence-corrected chi connectivity index (χ1v) is 8.94. The van der Waals surface area contributed by atoms with Gasteiger partial charge in [0.2, 0.25) is 0 Å². The third kappa shape index (κ3) is 3.83. The minimum Gasteiger partial charge on any atom is -0.381 e. The Hall–Kier alpha value is -3.19. The molecule has 1 aromatic carbocycles. The van der Waals surface area contributed by atoms with E-state index < -0.39 is 11.5 Å². The lowest BCUT2D eigenvalue weighted by Crippen LogP contribution is -2.23. The van der Waals surface area contributed by atoms with Crippen LogP contribution in [0.25, 0.3) is 11.3 Å². The highest BCUT2D eigenvalue weighted by atomic mass is 16.5. The highest BCUT2D eigenvalue weighted by Crippen LogP contribution is 2.26. The fourth-order valence-corrected chi connectivity index (χ4v) is 3.24. The lowest BCUT2D eigenvalue weighted by molar-refractivity contribution is 0.0845. The van der Waals surface area contributed by atoms with E-state index in [2.05, 4.69) is 20.5 Å². The fraction of sp³-hybridized carbons (Fsp3) is 0.250. The number of ether oxygens (including phenoxy) is 1. The highest BCUT2D eigenvalue weighted by Gasteiger charge is 2.19. The van der Waals surface area contributed by atoms with Crippen LogP contribution in [0.2, 0.25) is 0 Å². The standard InChI is InChI=1S/C20H20N4O3/c25-19-15(6-7-16(21-19)13-4-2-1-3-5-13)20(26)22-18-12-17(23-24-18)14-8-10-27-11-9-14/h1-7,12,14H,8-11H2,(H,21,25)(H2,22,23,24,26). The van der Waals surface area contributed by atoms with Gasteiger partial charge in [0.15, 0.2) is 5.82 Å². The van der Waals surface area contributed by atoms with Crippen molar-refractivity contribution < 1.29 is 9.53 Å². The first-order valence-electron chi connectivity index (χ1n) is 8.94. The van der Waals surface area contributed by atoms with Crippen molar-refractivity contribution in [1.29, 1.82) is 0 Å². The summed E-state index contributed by atoms with van der Waals surface area (Å²) in [7, 11) is 0. The Balaban J connectivity index is 1.48. The van der Waals surface area contributed by atoms with Gasteiger partial charge in [-0.2, -0.15) is 5.10 Å². The Labute approximate surface area is 155 Å². The fourth-order valence-electron chi connectivity index (χ4n) is 3.24. The Kier molecular flexibility index (Phi) is 4.84. The van der Waals surface area contributed by atoms with Crippen molar-refractivity contribution in [2.45, 2.75) is 18.8 Å². The number of anilines is 1. The maximum atomic E-state index is 12.5. The molecule has 7 heteroatoms. The normalized spacial score (nSPS) is 14.8. The average Bonchev–Trinajstić information content (AvgIpc) is 3.17. The molecule has 0 bridgehead atoms. The number of carbonyl (C=O) groups excluding carboxylic acids is 1. The number of hydrogen-bond acceptors (Lipinski definition) is 4. The van der Waals surface area contributed by atoms with Crippen molar-refractivity contribution >= 4 is 11.7 Å². The second-order valence-electron chi connectivity index (χ2n) is 6.53. The van der Waals surface area contributed by atoms with E-state index in [0.29, 0.717) is 17.4 Å². The summed E-state index contributed by atoms with van der Waals surface area (Å²) in [6, 6.07) is 14.6. The summed E-state index contributed by atoms with van der Waals surface area (Å²) in [5.74, 6) is 0.277. The van der Waals surface area contributed by atoms with Gasteiger partial charge < -0.3 is 15.0 Å². The average molecular weight is 364 g/mol. The van der Waals surface area contributed by atoms with E-state index in [1.165, 1.54) is 6.07 Å². The van der Waals surface area contributed by atoms with Crippen molar-refractivity contribution in [2.24, 2.45) is 0 Å². The van der Waals surface area contributed by atoms with Crippen LogP contribution in [0.1, 0.15) is 34.8 Å². The number of nitrogens with one attached hydrogen (secondary N) is 3. The summed E-state index contributed by atoms with van der Waals surface area (Å²) in [4.78, 5) is 27.6. The van der Waals surface area contributed by atoms with Crippen LogP contribution in [-0.2, 0) is 4.74 Å². The Bertz CT molecular complexity index is 988. The van der Waals surface area contributed by atoms with Crippen LogP contribution >= 0.6 is 0 Å². The summed E-state index contributed by atoms with van der Waals surface area (Å²) in [6.07, 6.45) is 1.85. The molecule has 1 saturated heterocycles. The van der Waals surface area contributed by atoms with E-state index in [1.54, 1.807) is 6.07 Å². The van der Waals surface area contributed by atoms with Crippen molar-refractivity contribution in [3.63, 3.8) is 0 Å². The number of hydrogen-bond donors (Lipinski definition) is 3. The molecule has 0 spiro atoms. The topological polar surface area (TPSA) is 99.9 Å². The summed E-state index contributed by atoms with van der Waals surface area (Å²) in [5, 5.41) is 9.80. The largest absolute Gasteiger partial charge is 0.381 e. The van der Waals surface area contributed by atoms with Gasteiger partial charge in [-0.3, -0.25) is 14.7 Å². The van der Waals surface area contributed by atoms with Crippen LogP contribution in [0.3, 0.4) is 0 Å². The minimum atomic E-state index is -0.485. The van der Waals surface area contributed by atoms with Gasteiger partial charge in [-0.1, -0.05) is 30.3 Å². The Morgan fingerprint density at radius 2 is 1.89 bits per heavy atom. The molecule has 1 aliphatic heterocycles. The van der Waals surface area contributed by atoms with Crippen molar-refractivity contribution in [3.8, 4) is 11.3 Å². The second kappa shape index (κ2) is 7.59. The van der Waals surface area contributed by atoms with Gasteiger partial charge in [0.05, 0.1) is 0 Å². The molecule has 7 nitrogen and oxygen atoms in total. The van der Waals surface area contributed by atoms with E-state index in [-0.39, 0.29) is 5.56 Å². The predicted octanol–water partition coefficient (Wildman–Crippen LogP) is 2.91. The molecule has 1 fully saturated rings. The predicted molar refractivity (Wildman–Crippen MR) is 102 cm³/mol. The lowest BCUT2D eigenvalue weighted by Gasteiger charge is -2.20. The maximum Gasteiger partial charge on any atom is 0.262 e. The van der Waals surface area contributed by atoms with Crippen LogP contribution in [-0.4, -0.2) is 34.3 Å². The molecule has 3 N–H and O–H groups in total. The molecule has 2 aromatic heterocycles. The van der Waals surface area contributed by atoms with Gasteiger partial charge in [-0.15, -0.1) is 0 Å². The van der Waals surface area contributed by atoms with Crippen molar-refractivity contribution in [3.05, 3.63) is 70.1 Å². The van der Waals surface area contributed by atoms with Crippen LogP contribution in [0.15, 0.2) is 53.3 Å². The first kappa shape index (κ1) is 17.2. The third-order valence-electron chi connectivity index (χ3n) is 4.74. The molecule has 1 aliphatic rings. The first-order chi connectivity index (χ1) is 13.2. The van der Waals surface area contributed by atoms with Gasteiger partial charge >= 0.3 is 0 Å². The minimum absolute atomic E-state index is 0.0466. The lowest BCUT2D eigenvalue weighted by atomic mass is 9.97. The zero-order valence-electron chi connectivity index (χ0n) is 14.7. The van der Waals surface area contributed by atoms with E-state index in [9.17, 15) is 9.59 Å². The molecule has 0 radical (unpaired) electrons. The number of rotatable bonds is 4. The van der Waals surface area contributed by atoms with E-state index in [1.807, 2.05) is 36.4 Å². The molecule has 0 unspecified atom stereocenters. The van der Waals surface area contributed by atoms with Crippen LogP contribution in [0, 0.1) is 0 Å². The number of carbonyl (C=O) groups is 1. The molecular weight excluding hydrogens is 344 g/mol. The quantitative estimate of drug-likeness (QED) is 0.663. The number of nitrogens with zero attached hydrogens (tertiary/aromatic N) is 1. The zero-order valence-corrected chi connectivity index (χ0v) is 14.7. The molecule has 0 aliphatic carbocycles. The summed E-state index contributed by atoms with van der Waals surface area (Å²) in [5.41, 5.74) is 2.13. The smallest absolute Gasteiger partial charge is 0.262 e. The van der Waals surface area contributed by atoms with Gasteiger partial charge in [-0.05, 0) is 30.5 Å². The molecule has 0 saturated carbocycles. The number of H-pyrrole nitrogens is 2. The summed E-state index contributed by atoms with van der Waals surface area (Å²) in [6.45, 7) is 1.46. The van der Waals surface area contributed by atoms with Crippen LogP contribution in [0.5, 0.6) is 0 Å². The van der Waals surface area contributed by atoms with Gasteiger partial charge in [0.1, 0.15) is 5.56 Å². The molecule has 3 aromatic rings. The van der Waals surface area contributed by atoms with Gasteiger partial charge in [0.25, 0.3) is 11.5 Å². The molecule has 138 valence electrons. The molecule has 0 atom stereocenters. The van der Waals surface area contributed by atoms with Crippen LogP contribution < -0.4 is 10.9 Å². The zero-order chi connectivity index (χ0) is 18.6. The Morgan fingerprint density at radius 1 is 1.11 bits per heavy atom. The SMILES string of the molecule is O=C(Nc1cc(C2CCOCC2)[nH]n1)c1ccc(-c2ccccc2)[nH]c1=O. The number of benzene rings is 1. The van der Waals surface area contributed by atoms with E-state index >= 15 is 0 Å². The summed E-state index contributed by atoms with van der Waals surface area (Å²) < 4.78 is 5.36.